The molecular weight excluding hydrogens is 421 g/mol. The molecule has 3 rings (SSSR count). The first-order chi connectivity index (χ1) is 14.5. The molecule has 0 saturated carbocycles. The zero-order valence-electron chi connectivity index (χ0n) is 16.4. The number of carbonyl (C=O) groups excluding carboxylic acids is 1. The molecule has 0 aliphatic carbocycles. The number of carbonyl (C=O) groups is 1. The van der Waals surface area contributed by atoms with Crippen molar-refractivity contribution < 1.29 is 26.7 Å². The number of hydrogen-bond acceptors (Lipinski definition) is 2. The number of nitrogens with zero attached hydrogens (tertiary/aromatic N) is 2. The highest BCUT2D eigenvalue weighted by atomic mass is 19.4. The van der Waals surface area contributed by atoms with Crippen LogP contribution < -0.4 is 10.6 Å². The van der Waals surface area contributed by atoms with Gasteiger partial charge in [-0.05, 0) is 42.3 Å². The number of nitrogens with one attached hydrogen (secondary N) is 3. The Labute approximate surface area is 173 Å². The van der Waals surface area contributed by atoms with Gasteiger partial charge in [-0.2, -0.15) is 23.3 Å². The molecule has 3 aromatic rings. The van der Waals surface area contributed by atoms with Gasteiger partial charge in [-0.25, -0.2) is 8.78 Å². The number of aromatic nitrogens is 2. The number of fused-ring (bicyclic) bond motifs is 1. The predicted octanol–water partition coefficient (Wildman–Crippen LogP) is 4.71. The standard InChI is InChI=1S/C20H18F5N5O/c1-10(2)9-26-19(28-18(31)11-3-5-14(21)15(22)7-11)27-17-13-8-12(20(23,24)25)4-6-16(13)29-30-17/h3-8,10H,9H2,1-2H3,(H3,26,27,28,29,30,31). The fourth-order valence-electron chi connectivity index (χ4n) is 2.61. The number of rotatable bonds is 4. The molecule has 31 heavy (non-hydrogen) atoms. The molecule has 0 spiro atoms. The maximum Gasteiger partial charge on any atom is 0.416 e. The van der Waals surface area contributed by atoms with Crippen molar-refractivity contribution in [3.8, 4) is 0 Å². The molecule has 1 aromatic heterocycles. The molecule has 0 aliphatic heterocycles. The van der Waals surface area contributed by atoms with Crippen LogP contribution in [0.25, 0.3) is 10.9 Å². The lowest BCUT2D eigenvalue weighted by molar-refractivity contribution is -0.137. The molecule has 1 amide bonds. The first-order valence-electron chi connectivity index (χ1n) is 9.19. The Balaban J connectivity index is 1.94. The molecule has 0 aliphatic rings. The number of alkyl halides is 3. The van der Waals surface area contributed by atoms with E-state index < -0.39 is 29.3 Å². The van der Waals surface area contributed by atoms with Crippen molar-refractivity contribution in [2.75, 3.05) is 11.9 Å². The number of H-pyrrole nitrogens is 1. The van der Waals surface area contributed by atoms with Crippen molar-refractivity contribution in [2.45, 2.75) is 20.0 Å². The number of halogens is 5. The second-order valence-electron chi connectivity index (χ2n) is 7.12. The molecule has 0 bridgehead atoms. The lowest BCUT2D eigenvalue weighted by Crippen LogP contribution is -2.34. The van der Waals surface area contributed by atoms with E-state index in [0.717, 1.165) is 24.3 Å². The maximum atomic E-state index is 13.4. The highest BCUT2D eigenvalue weighted by Crippen LogP contribution is 2.32. The molecule has 1 heterocycles. The molecule has 11 heteroatoms. The molecule has 3 N–H and O–H groups in total. The summed E-state index contributed by atoms with van der Waals surface area (Å²) in [6.45, 7) is 4.15. The summed E-state index contributed by atoms with van der Waals surface area (Å²) in [5, 5.41) is 12.2. The Morgan fingerprint density at radius 2 is 1.87 bits per heavy atom. The SMILES string of the molecule is CC(C)CN/C(=N/C(=O)c1ccc(F)c(F)c1)Nc1n[nH]c2ccc(C(F)(F)F)cc12. The zero-order valence-corrected chi connectivity index (χ0v) is 16.4. The molecule has 2 aromatic carbocycles. The number of guanidine groups is 1. The van der Waals surface area contributed by atoms with Crippen LogP contribution in [-0.4, -0.2) is 28.6 Å². The lowest BCUT2D eigenvalue weighted by Gasteiger charge is -2.13. The highest BCUT2D eigenvalue weighted by molar-refractivity contribution is 6.08. The quantitative estimate of drug-likeness (QED) is 0.312. The molecule has 0 radical (unpaired) electrons. The largest absolute Gasteiger partial charge is 0.416 e. The van der Waals surface area contributed by atoms with Crippen LogP contribution in [0.2, 0.25) is 0 Å². The van der Waals surface area contributed by atoms with Crippen molar-refractivity contribution in [3.05, 3.63) is 59.2 Å². The number of amides is 1. The van der Waals surface area contributed by atoms with Gasteiger partial charge in [0.05, 0.1) is 11.1 Å². The van der Waals surface area contributed by atoms with Gasteiger partial charge in [-0.3, -0.25) is 9.89 Å². The van der Waals surface area contributed by atoms with Gasteiger partial charge in [-0.15, -0.1) is 0 Å². The van der Waals surface area contributed by atoms with Crippen molar-refractivity contribution in [1.29, 1.82) is 0 Å². The van der Waals surface area contributed by atoms with Gasteiger partial charge in [0, 0.05) is 17.5 Å². The van der Waals surface area contributed by atoms with E-state index in [0.29, 0.717) is 18.1 Å². The Bertz CT molecular complexity index is 1140. The Hall–Kier alpha value is -3.50. The first kappa shape index (κ1) is 22.2. The number of benzene rings is 2. The molecule has 6 nitrogen and oxygen atoms in total. The molecule has 0 fully saturated rings. The van der Waals surface area contributed by atoms with Gasteiger partial charge < -0.3 is 10.6 Å². The molecule has 0 atom stereocenters. The summed E-state index contributed by atoms with van der Waals surface area (Å²) >= 11 is 0. The lowest BCUT2D eigenvalue weighted by atomic mass is 10.1. The normalized spacial score (nSPS) is 12.5. The van der Waals surface area contributed by atoms with E-state index in [9.17, 15) is 26.7 Å². The Morgan fingerprint density at radius 3 is 2.52 bits per heavy atom. The average molecular weight is 439 g/mol. The van der Waals surface area contributed by atoms with Gasteiger partial charge in [0.15, 0.2) is 17.5 Å². The van der Waals surface area contributed by atoms with Crippen molar-refractivity contribution in [1.82, 2.24) is 15.5 Å². The predicted molar refractivity (Wildman–Crippen MR) is 106 cm³/mol. The summed E-state index contributed by atoms with van der Waals surface area (Å²) in [4.78, 5) is 16.2. The minimum atomic E-state index is -4.54. The monoisotopic (exact) mass is 439 g/mol. The van der Waals surface area contributed by atoms with Gasteiger partial charge >= 0.3 is 6.18 Å². The summed E-state index contributed by atoms with van der Waals surface area (Å²) in [6, 6.07) is 5.65. The number of anilines is 1. The zero-order chi connectivity index (χ0) is 22.8. The summed E-state index contributed by atoms with van der Waals surface area (Å²) in [7, 11) is 0. The molecule has 0 unspecified atom stereocenters. The van der Waals surface area contributed by atoms with Crippen LogP contribution in [0, 0.1) is 17.6 Å². The summed E-state index contributed by atoms with van der Waals surface area (Å²) in [6.07, 6.45) is -4.54. The van der Waals surface area contributed by atoms with Gasteiger partial charge in [0.2, 0.25) is 5.96 Å². The van der Waals surface area contributed by atoms with Crippen LogP contribution in [-0.2, 0) is 6.18 Å². The fraction of sp³-hybridized carbons (Fsp3) is 0.250. The minimum absolute atomic E-state index is 0.00851. The average Bonchev–Trinajstić information content (AvgIpc) is 3.09. The third-order valence-electron chi connectivity index (χ3n) is 4.18. The van der Waals surface area contributed by atoms with Crippen LogP contribution in [0.1, 0.15) is 29.8 Å². The van der Waals surface area contributed by atoms with E-state index in [-0.39, 0.29) is 28.6 Å². The summed E-state index contributed by atoms with van der Waals surface area (Å²) in [5.41, 5.74) is -0.725. The summed E-state index contributed by atoms with van der Waals surface area (Å²) in [5.74, 6) is -3.15. The smallest absolute Gasteiger partial charge is 0.355 e. The van der Waals surface area contributed by atoms with E-state index in [1.165, 1.54) is 6.07 Å². The van der Waals surface area contributed by atoms with Gasteiger partial charge in [0.1, 0.15) is 0 Å². The second kappa shape index (κ2) is 8.70. The van der Waals surface area contributed by atoms with Crippen molar-refractivity contribution >= 4 is 28.6 Å². The van der Waals surface area contributed by atoms with Crippen LogP contribution in [0.15, 0.2) is 41.4 Å². The fourth-order valence-corrected chi connectivity index (χ4v) is 2.61. The third-order valence-corrected chi connectivity index (χ3v) is 4.18. The minimum Gasteiger partial charge on any atom is -0.355 e. The first-order valence-corrected chi connectivity index (χ1v) is 9.19. The number of aliphatic imine (C=N–C) groups is 1. The highest BCUT2D eigenvalue weighted by Gasteiger charge is 2.31. The number of hydrogen-bond donors (Lipinski definition) is 3. The van der Waals surface area contributed by atoms with E-state index in [1.807, 2.05) is 13.8 Å². The van der Waals surface area contributed by atoms with E-state index in [2.05, 4.69) is 25.8 Å². The van der Waals surface area contributed by atoms with Gasteiger partial charge in [0.25, 0.3) is 5.91 Å². The van der Waals surface area contributed by atoms with Gasteiger partial charge in [-0.1, -0.05) is 13.8 Å². The van der Waals surface area contributed by atoms with Crippen molar-refractivity contribution in [3.63, 3.8) is 0 Å². The Morgan fingerprint density at radius 1 is 1.13 bits per heavy atom. The van der Waals surface area contributed by atoms with E-state index in [1.54, 1.807) is 0 Å². The van der Waals surface area contributed by atoms with Crippen LogP contribution in [0.3, 0.4) is 0 Å². The van der Waals surface area contributed by atoms with Crippen LogP contribution >= 0.6 is 0 Å². The van der Waals surface area contributed by atoms with E-state index in [4.69, 9.17) is 0 Å². The molecular formula is C20H18F5N5O. The molecule has 0 saturated heterocycles. The topological polar surface area (TPSA) is 82.2 Å². The second-order valence-corrected chi connectivity index (χ2v) is 7.12. The van der Waals surface area contributed by atoms with Crippen molar-refractivity contribution in [2.24, 2.45) is 10.9 Å². The number of aromatic amines is 1. The van der Waals surface area contributed by atoms with E-state index >= 15 is 0 Å². The Kier molecular flexibility index (Phi) is 6.23. The maximum absolute atomic E-state index is 13.4. The third kappa shape index (κ3) is 5.36. The molecule has 164 valence electrons. The van der Waals surface area contributed by atoms with Crippen LogP contribution in [0.5, 0.6) is 0 Å². The van der Waals surface area contributed by atoms with Crippen LogP contribution in [0.4, 0.5) is 27.8 Å². The summed E-state index contributed by atoms with van der Waals surface area (Å²) < 4.78 is 65.7.